The Morgan fingerprint density at radius 2 is 2.12 bits per heavy atom. The average molecular weight is 247 g/mol. The van der Waals surface area contributed by atoms with Gasteiger partial charge in [0.2, 0.25) is 0 Å². The highest BCUT2D eigenvalue weighted by molar-refractivity contribution is 6.30. The van der Waals surface area contributed by atoms with Crippen LogP contribution in [0.2, 0.25) is 5.02 Å². The third-order valence-corrected chi connectivity index (χ3v) is 4.27. The molecule has 17 heavy (non-hydrogen) atoms. The molecule has 0 N–H and O–H groups in total. The van der Waals surface area contributed by atoms with Gasteiger partial charge in [-0.25, -0.2) is 0 Å². The van der Waals surface area contributed by atoms with Crippen LogP contribution in [0.15, 0.2) is 18.2 Å². The zero-order chi connectivity index (χ0) is 11.9. The highest BCUT2D eigenvalue weighted by Crippen LogP contribution is 2.52. The Hall–Kier alpha value is -1.20. The van der Waals surface area contributed by atoms with E-state index in [-0.39, 0.29) is 0 Å². The molecule has 2 nitrogen and oxygen atoms in total. The van der Waals surface area contributed by atoms with Crippen molar-refractivity contribution in [2.24, 2.45) is 5.41 Å². The van der Waals surface area contributed by atoms with E-state index in [9.17, 15) is 0 Å². The molecule has 1 spiro atoms. The number of halogens is 1. The molecular formula is C14H15ClN2. The summed E-state index contributed by atoms with van der Waals surface area (Å²) in [7, 11) is 0. The summed E-state index contributed by atoms with van der Waals surface area (Å²) in [5.74, 6) is 0. The fourth-order valence-electron chi connectivity index (χ4n) is 2.86. The largest absolute Gasteiger partial charge is 0.370 e. The van der Waals surface area contributed by atoms with Crippen LogP contribution in [0.25, 0.3) is 0 Å². The Kier molecular flexibility index (Phi) is 2.52. The first kappa shape index (κ1) is 10.9. The summed E-state index contributed by atoms with van der Waals surface area (Å²) in [6.07, 6.45) is 5.29. The number of piperidine rings is 1. The second kappa shape index (κ2) is 3.92. The van der Waals surface area contributed by atoms with E-state index >= 15 is 0 Å². The predicted octanol–water partition coefficient (Wildman–Crippen LogP) is 3.59. The molecule has 0 radical (unpaired) electrons. The molecule has 2 fully saturated rings. The predicted molar refractivity (Wildman–Crippen MR) is 69.3 cm³/mol. The van der Waals surface area contributed by atoms with Gasteiger partial charge in [-0.2, -0.15) is 5.26 Å². The molecule has 0 amide bonds. The van der Waals surface area contributed by atoms with Crippen molar-refractivity contribution >= 4 is 17.3 Å². The van der Waals surface area contributed by atoms with Crippen LogP contribution in [0.5, 0.6) is 0 Å². The van der Waals surface area contributed by atoms with Crippen LogP contribution in [0.3, 0.4) is 0 Å². The summed E-state index contributed by atoms with van der Waals surface area (Å²) in [6, 6.07) is 7.82. The van der Waals surface area contributed by atoms with Crippen LogP contribution < -0.4 is 4.90 Å². The Balaban J connectivity index is 1.92. The average Bonchev–Trinajstić information content (AvgIpc) is 3.08. The van der Waals surface area contributed by atoms with Crippen LogP contribution in [0.1, 0.15) is 31.2 Å². The van der Waals surface area contributed by atoms with Crippen molar-refractivity contribution in [3.8, 4) is 6.07 Å². The summed E-state index contributed by atoms with van der Waals surface area (Å²) in [4.78, 5) is 2.35. The van der Waals surface area contributed by atoms with Crippen molar-refractivity contribution < 1.29 is 0 Å². The molecule has 1 aliphatic carbocycles. The highest BCUT2D eigenvalue weighted by Gasteiger charge is 2.45. The standard InChI is InChI=1S/C14H15ClN2/c15-12-3-2-11(9-16)13(8-12)17-7-1-4-14(10-17)5-6-14/h2-3,8H,1,4-7,10H2. The molecule has 1 aromatic rings. The van der Waals surface area contributed by atoms with Gasteiger partial charge in [-0.15, -0.1) is 0 Å². The van der Waals surface area contributed by atoms with E-state index in [4.69, 9.17) is 16.9 Å². The van der Waals surface area contributed by atoms with Gasteiger partial charge in [-0.1, -0.05) is 11.6 Å². The zero-order valence-corrected chi connectivity index (χ0v) is 10.5. The van der Waals surface area contributed by atoms with Crippen molar-refractivity contribution in [1.29, 1.82) is 5.26 Å². The summed E-state index contributed by atoms with van der Waals surface area (Å²) in [5.41, 5.74) is 2.32. The van der Waals surface area contributed by atoms with Gasteiger partial charge in [0.15, 0.2) is 0 Å². The maximum absolute atomic E-state index is 9.17. The lowest BCUT2D eigenvalue weighted by Crippen LogP contribution is -2.36. The van der Waals surface area contributed by atoms with Crippen LogP contribution >= 0.6 is 11.6 Å². The second-order valence-electron chi connectivity index (χ2n) is 5.30. The molecule has 0 unspecified atom stereocenters. The fraction of sp³-hybridized carbons (Fsp3) is 0.500. The van der Waals surface area contributed by atoms with Crippen LogP contribution in [0.4, 0.5) is 5.69 Å². The number of rotatable bonds is 1. The molecule has 1 saturated carbocycles. The van der Waals surface area contributed by atoms with Crippen molar-refractivity contribution in [1.82, 2.24) is 0 Å². The van der Waals surface area contributed by atoms with Crippen LogP contribution in [-0.4, -0.2) is 13.1 Å². The Labute approximate surface area is 107 Å². The molecule has 1 aliphatic heterocycles. The van der Waals surface area contributed by atoms with E-state index in [1.165, 1.54) is 25.7 Å². The summed E-state index contributed by atoms with van der Waals surface area (Å²) in [5, 5.41) is 9.88. The minimum atomic E-state index is 0.563. The van der Waals surface area contributed by atoms with Gasteiger partial charge in [0.25, 0.3) is 0 Å². The molecule has 2 aliphatic rings. The number of nitriles is 1. The van der Waals surface area contributed by atoms with E-state index in [1.54, 1.807) is 6.07 Å². The monoisotopic (exact) mass is 246 g/mol. The van der Waals surface area contributed by atoms with Gasteiger partial charge in [0, 0.05) is 18.1 Å². The van der Waals surface area contributed by atoms with Crippen molar-refractivity contribution in [2.45, 2.75) is 25.7 Å². The minimum absolute atomic E-state index is 0.563. The third-order valence-electron chi connectivity index (χ3n) is 4.04. The topological polar surface area (TPSA) is 27.0 Å². The first-order valence-electron chi connectivity index (χ1n) is 6.17. The van der Waals surface area contributed by atoms with Gasteiger partial charge in [0.05, 0.1) is 11.3 Å². The van der Waals surface area contributed by atoms with Gasteiger partial charge in [0.1, 0.15) is 6.07 Å². The van der Waals surface area contributed by atoms with E-state index in [0.29, 0.717) is 5.41 Å². The molecule has 0 atom stereocenters. The Bertz CT molecular complexity index is 485. The molecule has 3 heteroatoms. The van der Waals surface area contributed by atoms with E-state index in [0.717, 1.165) is 29.4 Å². The van der Waals surface area contributed by atoms with Gasteiger partial charge >= 0.3 is 0 Å². The molecule has 0 aromatic heterocycles. The smallest absolute Gasteiger partial charge is 0.101 e. The Morgan fingerprint density at radius 3 is 2.82 bits per heavy atom. The molecular weight excluding hydrogens is 232 g/mol. The number of benzene rings is 1. The van der Waals surface area contributed by atoms with Crippen LogP contribution in [-0.2, 0) is 0 Å². The molecule has 1 saturated heterocycles. The molecule has 1 aromatic carbocycles. The molecule has 88 valence electrons. The molecule has 1 heterocycles. The van der Waals surface area contributed by atoms with Gasteiger partial charge in [-0.05, 0) is 49.3 Å². The lowest BCUT2D eigenvalue weighted by Gasteiger charge is -2.35. The zero-order valence-electron chi connectivity index (χ0n) is 9.75. The van der Waals surface area contributed by atoms with Crippen molar-refractivity contribution in [3.05, 3.63) is 28.8 Å². The number of anilines is 1. The third kappa shape index (κ3) is 2.00. The fourth-order valence-corrected chi connectivity index (χ4v) is 3.03. The number of hydrogen-bond donors (Lipinski definition) is 0. The molecule has 3 rings (SSSR count). The minimum Gasteiger partial charge on any atom is -0.370 e. The first-order valence-corrected chi connectivity index (χ1v) is 6.55. The van der Waals surface area contributed by atoms with Gasteiger partial charge < -0.3 is 4.90 Å². The quantitative estimate of drug-likeness (QED) is 0.757. The normalized spacial score (nSPS) is 21.3. The highest BCUT2D eigenvalue weighted by atomic mass is 35.5. The summed E-state index contributed by atoms with van der Waals surface area (Å²) >= 11 is 6.04. The SMILES string of the molecule is N#Cc1ccc(Cl)cc1N1CCCC2(CC2)C1. The van der Waals surface area contributed by atoms with E-state index < -0.39 is 0 Å². The summed E-state index contributed by atoms with van der Waals surface area (Å²) in [6.45, 7) is 2.15. The molecule has 0 bridgehead atoms. The first-order chi connectivity index (χ1) is 8.22. The van der Waals surface area contributed by atoms with E-state index in [1.807, 2.05) is 12.1 Å². The maximum atomic E-state index is 9.17. The van der Waals surface area contributed by atoms with E-state index in [2.05, 4.69) is 11.0 Å². The second-order valence-corrected chi connectivity index (χ2v) is 5.73. The number of hydrogen-bond acceptors (Lipinski definition) is 2. The van der Waals surface area contributed by atoms with Crippen LogP contribution in [0, 0.1) is 16.7 Å². The van der Waals surface area contributed by atoms with Crippen molar-refractivity contribution in [3.63, 3.8) is 0 Å². The lowest BCUT2D eigenvalue weighted by molar-refractivity contribution is 0.395. The van der Waals surface area contributed by atoms with Gasteiger partial charge in [-0.3, -0.25) is 0 Å². The summed E-state index contributed by atoms with van der Waals surface area (Å²) < 4.78 is 0. The van der Waals surface area contributed by atoms with Crippen molar-refractivity contribution in [2.75, 3.05) is 18.0 Å². The number of nitrogens with zero attached hydrogens (tertiary/aromatic N) is 2. The Morgan fingerprint density at radius 1 is 1.29 bits per heavy atom. The lowest BCUT2D eigenvalue weighted by atomic mass is 9.94. The maximum Gasteiger partial charge on any atom is 0.101 e.